The maximum Gasteiger partial charge on any atom is 0.225 e. The summed E-state index contributed by atoms with van der Waals surface area (Å²) in [7, 11) is 0. The number of hydrogen-bond donors (Lipinski definition) is 2. The monoisotopic (exact) mass is 375 g/mol. The van der Waals surface area contributed by atoms with Gasteiger partial charge in [0.05, 0.1) is 0 Å². The number of aromatic amines is 1. The fourth-order valence-electron chi connectivity index (χ4n) is 2.43. The molecule has 2 N–H and O–H groups in total. The third-order valence-electron chi connectivity index (χ3n) is 3.54. The van der Waals surface area contributed by atoms with Crippen molar-refractivity contribution in [2.45, 2.75) is 0 Å². The normalized spacial score (nSPS) is 10.5. The minimum absolute atomic E-state index is 0. The number of nitrogens with one attached hydrogen (secondary N) is 2. The van der Waals surface area contributed by atoms with Crippen LogP contribution in [0.3, 0.4) is 0 Å². The van der Waals surface area contributed by atoms with Crippen molar-refractivity contribution in [1.82, 2.24) is 20.2 Å². The Hall–Kier alpha value is -2.70. The van der Waals surface area contributed by atoms with Gasteiger partial charge in [0.25, 0.3) is 0 Å². The summed E-state index contributed by atoms with van der Waals surface area (Å²) >= 11 is 6.07. The van der Waals surface area contributed by atoms with Crippen molar-refractivity contribution in [2.24, 2.45) is 0 Å². The first kappa shape index (κ1) is 17.1. The van der Waals surface area contributed by atoms with Crippen LogP contribution in [0.25, 0.3) is 22.3 Å². The number of hydrogen-bond acceptors (Lipinski definition) is 4. The van der Waals surface area contributed by atoms with Crippen LogP contribution < -0.4 is 5.32 Å². The summed E-state index contributed by atoms with van der Waals surface area (Å²) in [5.74, 6) is 0.172. The maximum atomic E-state index is 13.0. The molecule has 0 radical (unpaired) electrons. The van der Waals surface area contributed by atoms with Crippen LogP contribution in [-0.4, -0.2) is 20.2 Å². The predicted octanol–water partition coefficient (Wildman–Crippen LogP) is 4.98. The number of benzene rings is 2. The Bertz CT molecular complexity index is 1000. The first-order valence-corrected chi connectivity index (χ1v) is 7.58. The third-order valence-corrected chi connectivity index (χ3v) is 3.71. The van der Waals surface area contributed by atoms with Crippen LogP contribution >= 0.6 is 24.0 Å². The van der Waals surface area contributed by atoms with Crippen molar-refractivity contribution in [2.75, 3.05) is 5.32 Å². The molecular weight excluding hydrogens is 364 g/mol. The van der Waals surface area contributed by atoms with Crippen LogP contribution in [-0.2, 0) is 0 Å². The zero-order valence-electron chi connectivity index (χ0n) is 12.7. The second-order valence-electron chi connectivity index (χ2n) is 5.13. The third kappa shape index (κ3) is 3.40. The highest BCUT2D eigenvalue weighted by molar-refractivity contribution is 6.29. The van der Waals surface area contributed by atoms with Crippen molar-refractivity contribution in [3.8, 4) is 11.3 Å². The average molecular weight is 376 g/mol. The van der Waals surface area contributed by atoms with Gasteiger partial charge in [0.1, 0.15) is 22.5 Å². The summed E-state index contributed by atoms with van der Waals surface area (Å²) in [6, 6.07) is 15.6. The van der Waals surface area contributed by atoms with Gasteiger partial charge in [0.2, 0.25) is 5.28 Å². The molecule has 4 rings (SSSR count). The fraction of sp³-hybridized carbons (Fsp3) is 0. The smallest absolute Gasteiger partial charge is 0.225 e. The summed E-state index contributed by atoms with van der Waals surface area (Å²) in [5, 5.41) is 10.5. The lowest BCUT2D eigenvalue weighted by Crippen LogP contribution is -1.97. The van der Waals surface area contributed by atoms with Gasteiger partial charge < -0.3 is 5.32 Å². The first-order valence-electron chi connectivity index (χ1n) is 7.20. The SMILES string of the molecule is Cl.Fc1ccc(Nc2nc(Cl)nc3c(-c4ccccc4)n[nH]c23)cc1. The molecule has 0 saturated carbocycles. The van der Waals surface area contributed by atoms with Crippen molar-refractivity contribution in [1.29, 1.82) is 0 Å². The number of H-pyrrole nitrogens is 1. The molecule has 0 fully saturated rings. The van der Waals surface area contributed by atoms with E-state index >= 15 is 0 Å². The Morgan fingerprint density at radius 2 is 1.68 bits per heavy atom. The molecule has 0 bridgehead atoms. The molecular formula is C17H12Cl2FN5. The number of anilines is 2. The number of aromatic nitrogens is 4. The molecule has 5 nitrogen and oxygen atoms in total. The molecule has 0 unspecified atom stereocenters. The minimum atomic E-state index is -0.306. The van der Waals surface area contributed by atoms with Gasteiger partial charge in [-0.05, 0) is 35.9 Å². The van der Waals surface area contributed by atoms with Gasteiger partial charge in [-0.2, -0.15) is 10.1 Å². The highest BCUT2D eigenvalue weighted by atomic mass is 35.5. The van der Waals surface area contributed by atoms with Crippen LogP contribution in [0.15, 0.2) is 54.6 Å². The average Bonchev–Trinajstić information content (AvgIpc) is 3.01. The zero-order valence-corrected chi connectivity index (χ0v) is 14.3. The quantitative estimate of drug-likeness (QED) is 0.495. The molecule has 2 heterocycles. The van der Waals surface area contributed by atoms with E-state index in [4.69, 9.17) is 11.6 Å². The van der Waals surface area contributed by atoms with Gasteiger partial charge in [-0.15, -0.1) is 12.4 Å². The second-order valence-corrected chi connectivity index (χ2v) is 5.47. The molecule has 0 aliphatic carbocycles. The van der Waals surface area contributed by atoms with E-state index in [1.807, 2.05) is 30.3 Å². The van der Waals surface area contributed by atoms with Gasteiger partial charge in [0.15, 0.2) is 5.82 Å². The minimum Gasteiger partial charge on any atom is -0.338 e. The molecule has 25 heavy (non-hydrogen) atoms. The maximum absolute atomic E-state index is 13.0. The largest absolute Gasteiger partial charge is 0.338 e. The highest BCUT2D eigenvalue weighted by Crippen LogP contribution is 2.30. The van der Waals surface area contributed by atoms with Gasteiger partial charge in [-0.25, -0.2) is 9.37 Å². The Kier molecular flexibility index (Phi) is 4.83. The van der Waals surface area contributed by atoms with Crippen LogP contribution in [0.4, 0.5) is 15.9 Å². The van der Waals surface area contributed by atoms with Crippen molar-refractivity contribution >= 4 is 46.5 Å². The standard InChI is InChI=1S/C17H11ClFN5.ClH/c18-17-21-14-13(10-4-2-1-3-5-10)23-24-15(14)16(22-17)20-12-8-6-11(19)7-9-12;/h1-9H,(H,23,24)(H,20,21,22);1H. The Morgan fingerprint density at radius 1 is 0.960 bits per heavy atom. The molecule has 8 heteroatoms. The summed E-state index contributed by atoms with van der Waals surface area (Å²) in [6.07, 6.45) is 0. The molecule has 2 aromatic heterocycles. The fourth-order valence-corrected chi connectivity index (χ4v) is 2.60. The first-order chi connectivity index (χ1) is 11.7. The number of halogens is 3. The van der Waals surface area contributed by atoms with Crippen LogP contribution in [0.1, 0.15) is 0 Å². The summed E-state index contributed by atoms with van der Waals surface area (Å²) in [6.45, 7) is 0. The summed E-state index contributed by atoms with van der Waals surface area (Å²) in [4.78, 5) is 8.49. The molecule has 2 aromatic carbocycles. The number of nitrogens with zero attached hydrogens (tertiary/aromatic N) is 3. The molecule has 0 atom stereocenters. The van der Waals surface area contributed by atoms with Crippen LogP contribution in [0, 0.1) is 5.82 Å². The van der Waals surface area contributed by atoms with Crippen molar-refractivity contribution in [3.05, 3.63) is 65.7 Å². The molecule has 126 valence electrons. The Labute approximate surface area is 153 Å². The van der Waals surface area contributed by atoms with E-state index in [-0.39, 0.29) is 23.5 Å². The summed E-state index contributed by atoms with van der Waals surface area (Å²) < 4.78 is 13.0. The van der Waals surface area contributed by atoms with Gasteiger partial charge in [0, 0.05) is 11.3 Å². The number of fused-ring (bicyclic) bond motifs is 1. The lowest BCUT2D eigenvalue weighted by Gasteiger charge is -2.06. The van der Waals surface area contributed by atoms with Crippen LogP contribution in [0.5, 0.6) is 0 Å². The molecule has 4 aromatic rings. The molecule has 0 aliphatic rings. The molecule has 0 spiro atoms. The van der Waals surface area contributed by atoms with E-state index in [0.717, 1.165) is 5.56 Å². The lowest BCUT2D eigenvalue weighted by molar-refractivity contribution is 0.628. The van der Waals surface area contributed by atoms with Crippen LogP contribution in [0.2, 0.25) is 5.28 Å². The van der Waals surface area contributed by atoms with E-state index in [0.29, 0.717) is 28.2 Å². The second kappa shape index (κ2) is 7.04. The summed E-state index contributed by atoms with van der Waals surface area (Å²) in [5.41, 5.74) is 3.54. The van der Waals surface area contributed by atoms with E-state index in [1.165, 1.54) is 12.1 Å². The van der Waals surface area contributed by atoms with Gasteiger partial charge in [-0.1, -0.05) is 30.3 Å². The van der Waals surface area contributed by atoms with E-state index in [2.05, 4.69) is 25.5 Å². The predicted molar refractivity (Wildman–Crippen MR) is 99.1 cm³/mol. The molecule has 0 amide bonds. The molecule has 0 saturated heterocycles. The number of rotatable bonds is 3. The topological polar surface area (TPSA) is 66.5 Å². The highest BCUT2D eigenvalue weighted by Gasteiger charge is 2.15. The molecule has 0 aliphatic heterocycles. The zero-order chi connectivity index (χ0) is 16.5. The Morgan fingerprint density at radius 3 is 2.40 bits per heavy atom. The van der Waals surface area contributed by atoms with Crippen molar-refractivity contribution in [3.63, 3.8) is 0 Å². The van der Waals surface area contributed by atoms with E-state index < -0.39 is 0 Å². The Balaban J connectivity index is 0.00000182. The van der Waals surface area contributed by atoms with E-state index in [1.54, 1.807) is 12.1 Å². The lowest BCUT2D eigenvalue weighted by atomic mass is 10.1. The van der Waals surface area contributed by atoms with Gasteiger partial charge >= 0.3 is 0 Å². The van der Waals surface area contributed by atoms with E-state index in [9.17, 15) is 4.39 Å². The van der Waals surface area contributed by atoms with Crippen molar-refractivity contribution < 1.29 is 4.39 Å². The van der Waals surface area contributed by atoms with Gasteiger partial charge in [-0.3, -0.25) is 5.10 Å².